The first-order valence-corrected chi connectivity index (χ1v) is 8.14. The number of hydrogen-bond donors (Lipinski definition) is 2. The highest BCUT2D eigenvalue weighted by atomic mass is 32.2. The van der Waals surface area contributed by atoms with Crippen LogP contribution in [0, 0.1) is 0 Å². The molecule has 7 heteroatoms. The number of rotatable bonds is 7. The van der Waals surface area contributed by atoms with Gasteiger partial charge in [-0.1, -0.05) is 13.8 Å². The summed E-state index contributed by atoms with van der Waals surface area (Å²) in [6.45, 7) is 7.81. The fourth-order valence-electron chi connectivity index (χ4n) is 1.85. The van der Waals surface area contributed by atoms with E-state index in [0.717, 1.165) is 0 Å². The van der Waals surface area contributed by atoms with Crippen LogP contribution in [0.2, 0.25) is 0 Å². The van der Waals surface area contributed by atoms with Crippen molar-refractivity contribution in [1.29, 1.82) is 0 Å². The number of aromatic carboxylic acids is 1. The molecule has 0 aliphatic heterocycles. The van der Waals surface area contributed by atoms with E-state index in [9.17, 15) is 13.2 Å². The number of carbonyl (C=O) groups is 1. The highest BCUT2D eigenvalue weighted by Gasteiger charge is 2.29. The van der Waals surface area contributed by atoms with Crippen molar-refractivity contribution in [2.45, 2.75) is 57.5 Å². The normalized spacial score (nSPS) is 12.6. The van der Waals surface area contributed by atoms with Gasteiger partial charge >= 0.3 is 5.97 Å². The summed E-state index contributed by atoms with van der Waals surface area (Å²) in [6.07, 6.45) is 2.67. The van der Waals surface area contributed by atoms with Crippen LogP contribution < -0.4 is 4.72 Å². The predicted molar refractivity (Wildman–Crippen MR) is 76.4 cm³/mol. The third kappa shape index (κ3) is 3.40. The summed E-state index contributed by atoms with van der Waals surface area (Å²) in [6, 6.07) is 1.19. The molecule has 0 spiro atoms. The Kier molecular flexibility index (Phi) is 4.99. The van der Waals surface area contributed by atoms with Gasteiger partial charge in [0, 0.05) is 18.3 Å². The van der Waals surface area contributed by atoms with Gasteiger partial charge in [-0.2, -0.15) is 0 Å². The highest BCUT2D eigenvalue weighted by molar-refractivity contribution is 7.89. The number of aromatic nitrogens is 1. The van der Waals surface area contributed by atoms with Crippen molar-refractivity contribution in [3.63, 3.8) is 0 Å². The largest absolute Gasteiger partial charge is 0.477 e. The lowest BCUT2D eigenvalue weighted by molar-refractivity contribution is 0.0685. The van der Waals surface area contributed by atoms with Crippen LogP contribution in [-0.4, -0.2) is 29.6 Å². The van der Waals surface area contributed by atoms with Crippen molar-refractivity contribution in [2.75, 3.05) is 0 Å². The Labute approximate surface area is 119 Å². The van der Waals surface area contributed by atoms with Gasteiger partial charge in [0.15, 0.2) is 0 Å². The quantitative estimate of drug-likeness (QED) is 0.807. The Morgan fingerprint density at radius 3 is 2.25 bits per heavy atom. The number of nitrogens with zero attached hydrogens (tertiary/aromatic N) is 1. The maximum Gasteiger partial charge on any atom is 0.352 e. The van der Waals surface area contributed by atoms with E-state index in [1.54, 1.807) is 6.92 Å². The first-order chi connectivity index (χ1) is 9.19. The minimum Gasteiger partial charge on any atom is -0.477 e. The minimum atomic E-state index is -3.72. The Bertz CT molecular complexity index is 586. The Hall–Kier alpha value is -1.34. The van der Waals surface area contributed by atoms with Crippen molar-refractivity contribution in [2.24, 2.45) is 0 Å². The maximum atomic E-state index is 12.4. The van der Waals surface area contributed by atoms with Gasteiger partial charge in [-0.15, -0.1) is 0 Å². The number of sulfonamides is 1. The number of hydrogen-bond acceptors (Lipinski definition) is 3. The second-order valence-corrected chi connectivity index (χ2v) is 6.71. The van der Waals surface area contributed by atoms with E-state index in [2.05, 4.69) is 4.72 Å². The molecule has 1 aromatic heterocycles. The summed E-state index contributed by atoms with van der Waals surface area (Å²) in [4.78, 5) is 11.1. The van der Waals surface area contributed by atoms with Crippen LogP contribution in [0.4, 0.5) is 0 Å². The molecule has 0 aliphatic carbocycles. The smallest absolute Gasteiger partial charge is 0.352 e. The first kappa shape index (κ1) is 16.7. The topological polar surface area (TPSA) is 88.4 Å². The zero-order valence-electron chi connectivity index (χ0n) is 12.3. The van der Waals surface area contributed by atoms with E-state index in [4.69, 9.17) is 5.11 Å². The Morgan fingerprint density at radius 2 is 1.90 bits per heavy atom. The van der Waals surface area contributed by atoms with Crippen molar-refractivity contribution in [1.82, 2.24) is 9.29 Å². The average molecular weight is 302 g/mol. The molecule has 1 heterocycles. The molecule has 0 radical (unpaired) electrons. The lowest BCUT2D eigenvalue weighted by atomic mass is 9.98. The Balaban J connectivity index is 3.20. The van der Waals surface area contributed by atoms with Gasteiger partial charge in [0.25, 0.3) is 0 Å². The SMILES string of the molecule is CCn1cc(S(=O)(=O)NC(C)(CC)CC)cc1C(=O)O. The van der Waals surface area contributed by atoms with Crippen LogP contribution in [0.25, 0.3) is 0 Å². The van der Waals surface area contributed by atoms with Crippen LogP contribution in [0.3, 0.4) is 0 Å². The number of carboxylic acid groups (broad SMARTS) is 1. The summed E-state index contributed by atoms with van der Waals surface area (Å²) in [5.41, 5.74) is -0.557. The summed E-state index contributed by atoms with van der Waals surface area (Å²) < 4.78 is 28.8. The van der Waals surface area contributed by atoms with Gasteiger partial charge in [0.2, 0.25) is 10.0 Å². The fourth-order valence-corrected chi connectivity index (χ4v) is 3.44. The first-order valence-electron chi connectivity index (χ1n) is 6.66. The molecular formula is C13H22N2O4S. The maximum absolute atomic E-state index is 12.4. The second kappa shape index (κ2) is 5.97. The van der Waals surface area contributed by atoms with Crippen LogP contribution in [0.15, 0.2) is 17.2 Å². The van der Waals surface area contributed by atoms with E-state index in [0.29, 0.717) is 19.4 Å². The van der Waals surface area contributed by atoms with Gasteiger partial charge in [-0.05, 0) is 32.8 Å². The number of nitrogens with one attached hydrogen (secondary N) is 1. The van der Waals surface area contributed by atoms with Crippen molar-refractivity contribution >= 4 is 16.0 Å². The highest BCUT2D eigenvalue weighted by Crippen LogP contribution is 2.20. The molecule has 20 heavy (non-hydrogen) atoms. The van der Waals surface area contributed by atoms with Gasteiger partial charge in [0.05, 0.1) is 0 Å². The van der Waals surface area contributed by atoms with E-state index in [1.807, 2.05) is 20.8 Å². The molecule has 114 valence electrons. The standard InChI is InChI=1S/C13H22N2O4S/c1-5-13(4,6-2)14-20(18,19)10-8-11(12(16)17)15(7-3)9-10/h8-9,14H,5-7H2,1-4H3,(H,16,17). The summed E-state index contributed by atoms with van der Waals surface area (Å²) in [5, 5.41) is 9.06. The molecule has 1 rings (SSSR count). The molecule has 0 atom stereocenters. The molecule has 0 unspecified atom stereocenters. The fraction of sp³-hybridized carbons (Fsp3) is 0.615. The average Bonchev–Trinajstić information content (AvgIpc) is 2.83. The molecule has 6 nitrogen and oxygen atoms in total. The van der Waals surface area contributed by atoms with Crippen LogP contribution in [-0.2, 0) is 16.6 Å². The summed E-state index contributed by atoms with van der Waals surface area (Å²) >= 11 is 0. The number of carboxylic acids is 1. The van der Waals surface area contributed by atoms with Crippen LogP contribution >= 0.6 is 0 Å². The van der Waals surface area contributed by atoms with E-state index < -0.39 is 21.5 Å². The minimum absolute atomic E-state index is 0.00937. The summed E-state index contributed by atoms with van der Waals surface area (Å²) in [7, 11) is -3.72. The lowest BCUT2D eigenvalue weighted by Crippen LogP contribution is -2.44. The van der Waals surface area contributed by atoms with Gasteiger partial charge < -0.3 is 9.67 Å². The van der Waals surface area contributed by atoms with Crippen molar-refractivity contribution in [3.8, 4) is 0 Å². The monoisotopic (exact) mass is 302 g/mol. The third-order valence-electron chi connectivity index (χ3n) is 3.68. The third-order valence-corrected chi connectivity index (χ3v) is 5.29. The van der Waals surface area contributed by atoms with Gasteiger partial charge in [0.1, 0.15) is 10.6 Å². The second-order valence-electron chi connectivity index (χ2n) is 5.03. The zero-order valence-corrected chi connectivity index (χ0v) is 13.1. The molecule has 2 N–H and O–H groups in total. The van der Waals surface area contributed by atoms with Crippen LogP contribution in [0.1, 0.15) is 51.0 Å². The number of aryl methyl sites for hydroxylation is 1. The summed E-state index contributed by atoms with van der Waals surface area (Å²) in [5.74, 6) is -1.14. The van der Waals surface area contributed by atoms with Gasteiger partial charge in [-0.25, -0.2) is 17.9 Å². The van der Waals surface area contributed by atoms with E-state index in [1.165, 1.54) is 16.8 Å². The van der Waals surface area contributed by atoms with Crippen molar-refractivity contribution in [3.05, 3.63) is 18.0 Å². The lowest BCUT2D eigenvalue weighted by Gasteiger charge is -2.27. The van der Waals surface area contributed by atoms with Crippen LogP contribution in [0.5, 0.6) is 0 Å². The molecular weight excluding hydrogens is 280 g/mol. The molecule has 0 fully saturated rings. The molecule has 0 amide bonds. The predicted octanol–water partition coefficient (Wildman–Crippen LogP) is 2.06. The molecule has 0 saturated heterocycles. The van der Waals surface area contributed by atoms with Crippen molar-refractivity contribution < 1.29 is 18.3 Å². The molecule has 1 aromatic rings. The van der Waals surface area contributed by atoms with E-state index in [-0.39, 0.29) is 10.6 Å². The van der Waals surface area contributed by atoms with Gasteiger partial charge in [-0.3, -0.25) is 0 Å². The molecule has 0 bridgehead atoms. The Morgan fingerprint density at radius 1 is 1.35 bits per heavy atom. The molecule has 0 aliphatic rings. The molecule has 0 aromatic carbocycles. The zero-order chi connectivity index (χ0) is 15.6. The van der Waals surface area contributed by atoms with E-state index >= 15 is 0 Å². The molecule has 0 saturated carbocycles.